The van der Waals surface area contributed by atoms with Crippen LogP contribution in [0.15, 0.2) is 0 Å². The zero-order valence-electron chi connectivity index (χ0n) is 3.70. The van der Waals surface area contributed by atoms with Gasteiger partial charge in [0.15, 0.2) is 12.1 Å². The first-order chi connectivity index (χ1) is 3.65. The highest BCUT2D eigenvalue weighted by Crippen LogP contribution is 1.42. The van der Waals surface area contributed by atoms with Crippen LogP contribution in [0.25, 0.3) is 0 Å². The van der Waals surface area contributed by atoms with E-state index in [1.807, 2.05) is 0 Å². The van der Waals surface area contributed by atoms with Crippen molar-refractivity contribution < 1.29 is 15.0 Å². The molecule has 42 valence electrons. The second-order valence-corrected chi connectivity index (χ2v) is 0.506. The molecule has 0 aliphatic carbocycles. The van der Waals surface area contributed by atoms with Crippen LogP contribution in [-0.2, 0) is 0 Å². The molecule has 0 atom stereocenters. The second kappa shape index (κ2) is 8.98. The number of rotatable bonds is 0. The highest BCUT2D eigenvalue weighted by molar-refractivity contribution is 5.53. The third-order valence-corrected chi connectivity index (χ3v) is 0.0500. The number of carboxylic acid groups (broad SMARTS) is 2. The highest BCUT2D eigenvalue weighted by Gasteiger charge is 1.70. The third-order valence-electron chi connectivity index (χ3n) is 0.0500. The van der Waals surface area contributed by atoms with Crippen LogP contribution in [0.4, 0.5) is 4.79 Å². The highest BCUT2D eigenvalue weighted by atomic mass is 16.6. The Kier molecular flexibility index (Phi) is 10.7. The van der Waals surface area contributed by atoms with Crippen molar-refractivity contribution in [3.8, 4) is 12.1 Å². The van der Waals surface area contributed by atoms with E-state index in [1.54, 1.807) is 0 Å². The van der Waals surface area contributed by atoms with Crippen LogP contribution in [0.2, 0.25) is 0 Å². The first kappa shape index (κ1) is 9.54. The average Bonchev–Trinajstić information content (AvgIpc) is 1.65. The van der Waals surface area contributed by atoms with Gasteiger partial charge in [-0.05, 0) is 0 Å². The molecular weight excluding hydrogens is 112 g/mol. The monoisotopic (exact) mass is 114 g/mol. The largest absolute Gasteiger partial charge is 0.503 e. The van der Waals surface area contributed by atoms with E-state index in [4.69, 9.17) is 25.5 Å². The fourth-order valence-corrected chi connectivity index (χ4v) is 0. The van der Waals surface area contributed by atoms with Gasteiger partial charge in [-0.15, -0.1) is 0 Å². The van der Waals surface area contributed by atoms with Gasteiger partial charge in [0, 0.05) is 0 Å². The van der Waals surface area contributed by atoms with E-state index in [2.05, 4.69) is 0 Å². The summed E-state index contributed by atoms with van der Waals surface area (Å²) in [5, 5.41) is 28.5. The maximum absolute atomic E-state index is 8.56. The second-order valence-electron chi connectivity index (χ2n) is 0.506. The van der Waals surface area contributed by atoms with E-state index in [1.165, 1.54) is 12.1 Å². The Hall–Kier alpha value is -1.75. The standard InChI is InChI=1S/C2N2.CH2O3/c3-1-2-4;2-1(3)4/h;(H2,2,3,4). The van der Waals surface area contributed by atoms with E-state index < -0.39 is 6.16 Å². The van der Waals surface area contributed by atoms with Gasteiger partial charge in [0.05, 0.1) is 0 Å². The lowest BCUT2D eigenvalue weighted by Gasteiger charge is -1.60. The number of nitrogens with zero attached hydrogens (tertiary/aromatic N) is 2. The number of carbonyl (C=O) groups is 1. The number of hydrogen-bond acceptors (Lipinski definition) is 3. The minimum absolute atomic E-state index is 1.24. The van der Waals surface area contributed by atoms with Gasteiger partial charge in [0.1, 0.15) is 0 Å². The summed E-state index contributed by atoms with van der Waals surface area (Å²) in [5.74, 6) is 0. The van der Waals surface area contributed by atoms with Crippen molar-refractivity contribution in [2.45, 2.75) is 0 Å². The summed E-state index contributed by atoms with van der Waals surface area (Å²) in [6.07, 6.45) is -1.83. The molecule has 0 aromatic rings. The van der Waals surface area contributed by atoms with Crippen molar-refractivity contribution >= 4 is 6.16 Å². The lowest BCUT2D eigenvalue weighted by Crippen LogP contribution is -1.81. The minimum atomic E-state index is -1.83. The summed E-state index contributed by atoms with van der Waals surface area (Å²) in [4.78, 5) is 8.56. The SMILES string of the molecule is N#CC#N.O=C(O)O. The molecule has 0 rings (SSSR count). The van der Waals surface area contributed by atoms with Gasteiger partial charge in [-0.25, -0.2) is 4.79 Å². The van der Waals surface area contributed by atoms with Crippen LogP contribution < -0.4 is 0 Å². The van der Waals surface area contributed by atoms with Gasteiger partial charge in [-0.3, -0.25) is 0 Å². The van der Waals surface area contributed by atoms with Crippen molar-refractivity contribution in [1.29, 1.82) is 10.5 Å². The Morgan fingerprint density at radius 2 is 1.38 bits per heavy atom. The van der Waals surface area contributed by atoms with Crippen molar-refractivity contribution in [3.05, 3.63) is 0 Å². The molecular formula is C3H2N2O3. The van der Waals surface area contributed by atoms with Crippen molar-refractivity contribution in [2.24, 2.45) is 0 Å². The first-order valence-corrected chi connectivity index (χ1v) is 1.35. The summed E-state index contributed by atoms with van der Waals surface area (Å²) < 4.78 is 0. The molecule has 0 aliphatic heterocycles. The Bertz CT molecular complexity index is 124. The first-order valence-electron chi connectivity index (χ1n) is 1.35. The molecule has 2 N–H and O–H groups in total. The fourth-order valence-electron chi connectivity index (χ4n) is 0. The lowest BCUT2D eigenvalue weighted by atomic mass is 10.9. The summed E-state index contributed by atoms with van der Waals surface area (Å²) in [7, 11) is 0. The third kappa shape index (κ3) is 79.8. The summed E-state index contributed by atoms with van der Waals surface area (Å²) in [5.41, 5.74) is 0. The molecule has 0 heterocycles. The normalized spacial score (nSPS) is 4.25. The summed E-state index contributed by atoms with van der Waals surface area (Å²) >= 11 is 0. The molecule has 0 aliphatic rings. The van der Waals surface area contributed by atoms with Crippen molar-refractivity contribution in [2.75, 3.05) is 0 Å². The van der Waals surface area contributed by atoms with Gasteiger partial charge in [-0.2, -0.15) is 10.5 Å². The molecule has 0 fully saturated rings. The maximum atomic E-state index is 8.56. The smallest absolute Gasteiger partial charge is 0.450 e. The van der Waals surface area contributed by atoms with Crippen LogP contribution in [0.5, 0.6) is 0 Å². The van der Waals surface area contributed by atoms with E-state index in [0.29, 0.717) is 0 Å². The van der Waals surface area contributed by atoms with Gasteiger partial charge >= 0.3 is 6.16 Å². The molecule has 0 aromatic heterocycles. The molecule has 0 unspecified atom stereocenters. The molecule has 5 nitrogen and oxygen atoms in total. The quantitative estimate of drug-likeness (QED) is 0.469. The minimum Gasteiger partial charge on any atom is -0.450 e. The lowest BCUT2D eigenvalue weighted by molar-refractivity contribution is 0.137. The maximum Gasteiger partial charge on any atom is 0.503 e. The summed E-state index contributed by atoms with van der Waals surface area (Å²) in [6, 6.07) is 2.47. The van der Waals surface area contributed by atoms with Crippen LogP contribution in [0.1, 0.15) is 0 Å². The van der Waals surface area contributed by atoms with Crippen LogP contribution >= 0.6 is 0 Å². The fraction of sp³-hybridized carbons (Fsp3) is 0. The average molecular weight is 114 g/mol. The zero-order chi connectivity index (χ0) is 6.99. The van der Waals surface area contributed by atoms with Gasteiger partial charge in [0.2, 0.25) is 0 Å². The Balaban J connectivity index is 0. The van der Waals surface area contributed by atoms with Crippen LogP contribution in [-0.4, -0.2) is 16.4 Å². The topological polar surface area (TPSA) is 105 Å². The van der Waals surface area contributed by atoms with E-state index in [-0.39, 0.29) is 0 Å². The molecule has 0 amide bonds. The molecule has 0 bridgehead atoms. The Morgan fingerprint density at radius 1 is 1.25 bits per heavy atom. The number of hydrogen-bond donors (Lipinski definition) is 2. The van der Waals surface area contributed by atoms with Gasteiger partial charge in [-0.1, -0.05) is 0 Å². The van der Waals surface area contributed by atoms with E-state index in [0.717, 1.165) is 0 Å². The van der Waals surface area contributed by atoms with Gasteiger partial charge < -0.3 is 10.2 Å². The molecule has 0 radical (unpaired) electrons. The van der Waals surface area contributed by atoms with Crippen molar-refractivity contribution in [1.82, 2.24) is 0 Å². The van der Waals surface area contributed by atoms with Crippen molar-refractivity contribution in [3.63, 3.8) is 0 Å². The van der Waals surface area contributed by atoms with E-state index in [9.17, 15) is 0 Å². The van der Waals surface area contributed by atoms with Crippen LogP contribution in [0, 0.1) is 22.7 Å². The molecule has 0 saturated carbocycles. The Labute approximate surface area is 45.0 Å². The molecule has 0 saturated heterocycles. The Morgan fingerprint density at radius 3 is 1.38 bits per heavy atom. The molecule has 8 heavy (non-hydrogen) atoms. The molecule has 5 heteroatoms. The zero-order valence-corrected chi connectivity index (χ0v) is 3.70. The summed E-state index contributed by atoms with van der Waals surface area (Å²) in [6.45, 7) is 0. The predicted octanol–water partition coefficient (Wildman–Crippen LogP) is 0.256. The predicted molar refractivity (Wildman–Crippen MR) is 21.9 cm³/mol. The molecule has 0 aromatic carbocycles. The van der Waals surface area contributed by atoms with Gasteiger partial charge in [0.25, 0.3) is 0 Å². The van der Waals surface area contributed by atoms with E-state index >= 15 is 0 Å². The molecule has 0 spiro atoms. The number of nitriles is 2. The van der Waals surface area contributed by atoms with Crippen LogP contribution in [0.3, 0.4) is 0 Å².